The lowest BCUT2D eigenvalue weighted by Gasteiger charge is -2.33. The summed E-state index contributed by atoms with van der Waals surface area (Å²) in [4.78, 5) is 30.0. The number of nitrogens with one attached hydrogen (secondary N) is 1. The van der Waals surface area contributed by atoms with Crippen LogP contribution in [-0.4, -0.2) is 25.0 Å². The van der Waals surface area contributed by atoms with Gasteiger partial charge in [0.2, 0.25) is 11.8 Å². The number of carbonyl (C=O) groups excluding carboxylic acids is 2. The van der Waals surface area contributed by atoms with Crippen LogP contribution >= 0.6 is 22.9 Å². The summed E-state index contributed by atoms with van der Waals surface area (Å²) < 4.78 is 5.59. The van der Waals surface area contributed by atoms with Gasteiger partial charge in [-0.1, -0.05) is 54.8 Å². The summed E-state index contributed by atoms with van der Waals surface area (Å²) >= 11 is 7.66. The van der Waals surface area contributed by atoms with Crippen LogP contribution in [-0.2, 0) is 16.0 Å². The maximum absolute atomic E-state index is 13.8. The van der Waals surface area contributed by atoms with Gasteiger partial charge in [0.25, 0.3) is 0 Å². The second-order valence-corrected chi connectivity index (χ2v) is 9.60. The van der Waals surface area contributed by atoms with Gasteiger partial charge >= 0.3 is 0 Å². The van der Waals surface area contributed by atoms with Gasteiger partial charge in [0.1, 0.15) is 11.8 Å². The van der Waals surface area contributed by atoms with E-state index in [0.717, 1.165) is 30.6 Å². The molecule has 3 aromatic rings. The zero-order valence-corrected chi connectivity index (χ0v) is 20.1. The molecule has 1 aliphatic carbocycles. The van der Waals surface area contributed by atoms with Gasteiger partial charge in [-0.3, -0.25) is 14.5 Å². The predicted octanol–water partition coefficient (Wildman–Crippen LogP) is 5.79. The highest BCUT2D eigenvalue weighted by Crippen LogP contribution is 2.36. The van der Waals surface area contributed by atoms with Gasteiger partial charge in [-0.2, -0.15) is 0 Å². The van der Waals surface area contributed by atoms with Gasteiger partial charge in [-0.05, 0) is 54.1 Å². The first-order valence-electron chi connectivity index (χ1n) is 11.1. The standard InChI is InChI=1S/C26H27ClN2O3S/c1-32-23-11-5-4-10-22(23)29(24(30)17-21-9-6-16-33-21)25(18-12-14-19(27)15-13-18)26(31)28-20-7-2-3-8-20/h4-6,9-16,20,25H,2-3,7-8,17H2,1H3,(H,28,31)/t25-/m0/s1. The molecule has 1 atom stereocenters. The van der Waals surface area contributed by atoms with Crippen LogP contribution in [0.2, 0.25) is 5.02 Å². The van der Waals surface area contributed by atoms with Crippen LogP contribution in [0.1, 0.15) is 42.2 Å². The molecular weight excluding hydrogens is 456 g/mol. The highest BCUT2D eigenvalue weighted by molar-refractivity contribution is 7.10. The van der Waals surface area contributed by atoms with E-state index in [9.17, 15) is 9.59 Å². The average molecular weight is 483 g/mol. The molecule has 7 heteroatoms. The van der Waals surface area contributed by atoms with Crippen molar-refractivity contribution >= 4 is 40.4 Å². The van der Waals surface area contributed by atoms with Crippen molar-refractivity contribution in [3.05, 3.63) is 81.5 Å². The van der Waals surface area contributed by atoms with E-state index in [2.05, 4.69) is 5.32 Å². The molecule has 2 aromatic carbocycles. The van der Waals surface area contributed by atoms with Crippen molar-refractivity contribution in [3.63, 3.8) is 0 Å². The molecule has 0 saturated heterocycles. The third kappa shape index (κ3) is 5.57. The maximum Gasteiger partial charge on any atom is 0.248 e. The number of ether oxygens (including phenoxy) is 1. The Bertz CT molecular complexity index is 1080. The number of amides is 2. The molecule has 1 heterocycles. The van der Waals surface area contributed by atoms with Crippen LogP contribution in [0.5, 0.6) is 5.75 Å². The summed E-state index contributed by atoms with van der Waals surface area (Å²) in [5, 5.41) is 5.71. The second-order valence-electron chi connectivity index (χ2n) is 8.14. The molecule has 5 nitrogen and oxygen atoms in total. The molecule has 33 heavy (non-hydrogen) atoms. The van der Waals surface area contributed by atoms with Crippen molar-refractivity contribution in [2.24, 2.45) is 0 Å². The first-order valence-corrected chi connectivity index (χ1v) is 12.4. The van der Waals surface area contributed by atoms with E-state index in [1.54, 1.807) is 30.2 Å². The van der Waals surface area contributed by atoms with Crippen molar-refractivity contribution in [2.45, 2.75) is 44.2 Å². The Morgan fingerprint density at radius 3 is 2.48 bits per heavy atom. The van der Waals surface area contributed by atoms with Crippen LogP contribution in [0.3, 0.4) is 0 Å². The molecular formula is C26H27ClN2O3S. The Labute approximate surface area is 203 Å². The van der Waals surface area contributed by atoms with Crippen LogP contribution in [0.4, 0.5) is 5.69 Å². The monoisotopic (exact) mass is 482 g/mol. The molecule has 1 fully saturated rings. The SMILES string of the molecule is COc1ccccc1N(C(=O)Cc1cccs1)[C@H](C(=O)NC1CCCC1)c1ccc(Cl)cc1. The summed E-state index contributed by atoms with van der Waals surface area (Å²) in [5.41, 5.74) is 1.25. The fraction of sp³-hybridized carbons (Fsp3) is 0.308. The summed E-state index contributed by atoms with van der Waals surface area (Å²) in [6.45, 7) is 0. The number of nitrogens with zero attached hydrogens (tertiary/aromatic N) is 1. The summed E-state index contributed by atoms with van der Waals surface area (Å²) in [7, 11) is 1.57. The molecule has 2 amide bonds. The van der Waals surface area contributed by atoms with Gasteiger partial charge < -0.3 is 10.1 Å². The lowest BCUT2D eigenvalue weighted by molar-refractivity contribution is -0.127. The number of halogens is 1. The van der Waals surface area contributed by atoms with Crippen LogP contribution < -0.4 is 15.0 Å². The average Bonchev–Trinajstić information content (AvgIpc) is 3.52. The summed E-state index contributed by atoms with van der Waals surface area (Å²) in [6, 6.07) is 17.5. The van der Waals surface area contributed by atoms with Crippen molar-refractivity contribution in [1.29, 1.82) is 0 Å². The number of hydrogen-bond donors (Lipinski definition) is 1. The number of carbonyl (C=O) groups is 2. The largest absolute Gasteiger partial charge is 0.495 e. The third-order valence-electron chi connectivity index (χ3n) is 5.91. The fourth-order valence-corrected chi connectivity index (χ4v) is 5.13. The quantitative estimate of drug-likeness (QED) is 0.442. The minimum atomic E-state index is -0.855. The molecule has 0 spiro atoms. The fourth-order valence-electron chi connectivity index (χ4n) is 4.31. The second kappa shape index (κ2) is 10.9. The number of methoxy groups -OCH3 is 1. The Balaban J connectivity index is 1.79. The first-order chi connectivity index (χ1) is 16.1. The number of benzene rings is 2. The molecule has 0 bridgehead atoms. The minimum absolute atomic E-state index is 0.124. The first kappa shape index (κ1) is 23.3. The molecule has 0 radical (unpaired) electrons. The summed E-state index contributed by atoms with van der Waals surface area (Å²) in [6.07, 6.45) is 4.30. The molecule has 1 aromatic heterocycles. The lowest BCUT2D eigenvalue weighted by Crippen LogP contribution is -2.47. The molecule has 1 saturated carbocycles. The van der Waals surface area contributed by atoms with E-state index in [1.165, 1.54) is 11.3 Å². The molecule has 1 N–H and O–H groups in total. The molecule has 0 aliphatic heterocycles. The Morgan fingerprint density at radius 2 is 1.82 bits per heavy atom. The lowest BCUT2D eigenvalue weighted by atomic mass is 10.0. The van der Waals surface area contributed by atoms with E-state index in [4.69, 9.17) is 16.3 Å². The maximum atomic E-state index is 13.8. The zero-order valence-electron chi connectivity index (χ0n) is 18.5. The van der Waals surface area contributed by atoms with Crippen LogP contribution in [0.25, 0.3) is 0 Å². The van der Waals surface area contributed by atoms with E-state index in [-0.39, 0.29) is 24.3 Å². The van der Waals surface area contributed by atoms with Crippen molar-refractivity contribution < 1.29 is 14.3 Å². The van der Waals surface area contributed by atoms with E-state index in [1.807, 2.05) is 47.8 Å². The van der Waals surface area contributed by atoms with Crippen molar-refractivity contribution in [3.8, 4) is 5.75 Å². The molecule has 0 unspecified atom stereocenters. The molecule has 1 aliphatic rings. The Morgan fingerprint density at radius 1 is 1.09 bits per heavy atom. The number of rotatable bonds is 8. The number of anilines is 1. The van der Waals surface area contributed by atoms with Crippen LogP contribution in [0, 0.1) is 0 Å². The van der Waals surface area contributed by atoms with E-state index in [0.29, 0.717) is 22.0 Å². The Hall–Kier alpha value is -2.83. The number of para-hydroxylation sites is 2. The zero-order chi connectivity index (χ0) is 23.2. The highest BCUT2D eigenvalue weighted by Gasteiger charge is 2.35. The van der Waals surface area contributed by atoms with E-state index < -0.39 is 6.04 Å². The molecule has 4 rings (SSSR count). The predicted molar refractivity (Wildman–Crippen MR) is 133 cm³/mol. The van der Waals surface area contributed by atoms with Gasteiger partial charge in [0, 0.05) is 15.9 Å². The topological polar surface area (TPSA) is 58.6 Å². The van der Waals surface area contributed by atoms with Crippen molar-refractivity contribution in [1.82, 2.24) is 5.32 Å². The van der Waals surface area contributed by atoms with Crippen molar-refractivity contribution in [2.75, 3.05) is 12.0 Å². The van der Waals surface area contributed by atoms with Gasteiger partial charge in [-0.25, -0.2) is 0 Å². The third-order valence-corrected chi connectivity index (χ3v) is 7.04. The smallest absolute Gasteiger partial charge is 0.248 e. The summed E-state index contributed by atoms with van der Waals surface area (Å²) in [5.74, 6) is 0.155. The van der Waals surface area contributed by atoms with Gasteiger partial charge in [0.05, 0.1) is 19.2 Å². The number of thiophene rings is 1. The number of hydrogen-bond acceptors (Lipinski definition) is 4. The highest BCUT2D eigenvalue weighted by atomic mass is 35.5. The Kier molecular flexibility index (Phi) is 7.68. The van der Waals surface area contributed by atoms with Crippen LogP contribution in [0.15, 0.2) is 66.0 Å². The van der Waals surface area contributed by atoms with E-state index >= 15 is 0 Å². The van der Waals surface area contributed by atoms with Gasteiger partial charge in [0.15, 0.2) is 0 Å². The normalized spacial score (nSPS) is 14.6. The molecule has 172 valence electrons. The minimum Gasteiger partial charge on any atom is -0.495 e. The van der Waals surface area contributed by atoms with Gasteiger partial charge in [-0.15, -0.1) is 11.3 Å².